The number of benzene rings is 1. The summed E-state index contributed by atoms with van der Waals surface area (Å²) in [7, 11) is 0. The molecule has 20 heavy (non-hydrogen) atoms. The number of aliphatic carboxylic acids is 1. The highest BCUT2D eigenvalue weighted by Crippen LogP contribution is 2.39. The highest BCUT2D eigenvalue weighted by Gasteiger charge is 2.27. The number of carboxylic acid groups (broad SMARTS) is 1. The summed E-state index contributed by atoms with van der Waals surface area (Å²) in [5.41, 5.74) is 2.15. The molecule has 1 fully saturated rings. The Kier molecular flexibility index (Phi) is 5.92. The average molecular weight is 293 g/mol. The number of nitrogens with zero attached hydrogens (tertiary/aromatic N) is 1. The van der Waals surface area contributed by atoms with Crippen molar-refractivity contribution in [2.45, 2.75) is 38.0 Å². The lowest BCUT2D eigenvalue weighted by Gasteiger charge is -2.25. The zero-order valence-corrected chi connectivity index (χ0v) is 12.9. The summed E-state index contributed by atoms with van der Waals surface area (Å²) in [5, 5.41) is 9.39. The predicted molar refractivity (Wildman–Crippen MR) is 84.1 cm³/mol. The zero-order chi connectivity index (χ0) is 14.4. The van der Waals surface area contributed by atoms with Crippen LogP contribution in [0.5, 0.6) is 0 Å². The predicted octanol–water partition coefficient (Wildman–Crippen LogP) is 3.55. The molecule has 110 valence electrons. The maximum Gasteiger partial charge on any atom is 0.307 e. The number of carbonyl (C=O) groups is 1. The maximum atomic E-state index is 11.0. The van der Waals surface area contributed by atoms with Gasteiger partial charge in [0, 0.05) is 12.3 Å². The van der Waals surface area contributed by atoms with E-state index in [1.165, 1.54) is 24.8 Å². The average Bonchev–Trinajstić information content (AvgIpc) is 2.87. The van der Waals surface area contributed by atoms with Crippen LogP contribution in [0.4, 0.5) is 0 Å². The third-order valence-corrected chi connectivity index (χ3v) is 4.98. The van der Waals surface area contributed by atoms with Crippen LogP contribution in [-0.2, 0) is 11.2 Å². The van der Waals surface area contributed by atoms with Gasteiger partial charge in [0.2, 0.25) is 0 Å². The molecule has 1 aliphatic rings. The first kappa shape index (κ1) is 15.4. The fourth-order valence-electron chi connectivity index (χ4n) is 2.68. The Labute approximate surface area is 125 Å². The summed E-state index contributed by atoms with van der Waals surface area (Å²) < 4.78 is 0. The summed E-state index contributed by atoms with van der Waals surface area (Å²) >= 11 is 1.94. The first-order chi connectivity index (χ1) is 9.72. The summed E-state index contributed by atoms with van der Waals surface area (Å²) in [6.45, 7) is 4.45. The van der Waals surface area contributed by atoms with Gasteiger partial charge < -0.3 is 5.11 Å². The molecule has 1 aromatic rings. The van der Waals surface area contributed by atoms with Crippen molar-refractivity contribution in [2.75, 3.05) is 18.8 Å². The Balaban J connectivity index is 2.10. The van der Waals surface area contributed by atoms with E-state index in [2.05, 4.69) is 17.9 Å². The molecule has 1 aromatic carbocycles. The van der Waals surface area contributed by atoms with Gasteiger partial charge in [0.1, 0.15) is 0 Å². The van der Waals surface area contributed by atoms with E-state index in [1.54, 1.807) is 0 Å². The number of thioether (sulfide) groups is 1. The zero-order valence-electron chi connectivity index (χ0n) is 12.0. The van der Waals surface area contributed by atoms with Crippen LogP contribution in [0.1, 0.15) is 42.7 Å². The van der Waals surface area contributed by atoms with E-state index in [-0.39, 0.29) is 6.42 Å². The molecule has 1 aliphatic heterocycles. The van der Waals surface area contributed by atoms with Crippen molar-refractivity contribution in [1.82, 2.24) is 4.90 Å². The highest BCUT2D eigenvalue weighted by atomic mass is 32.2. The normalized spacial score (nSPS) is 19.4. The Morgan fingerprint density at radius 2 is 2.20 bits per heavy atom. The molecule has 0 saturated carbocycles. The number of unbranched alkanes of at least 4 members (excludes halogenated alkanes) is 2. The van der Waals surface area contributed by atoms with Gasteiger partial charge in [-0.05, 0) is 24.1 Å². The quantitative estimate of drug-likeness (QED) is 0.781. The van der Waals surface area contributed by atoms with Gasteiger partial charge in [-0.1, -0.05) is 44.0 Å². The fourth-order valence-corrected chi connectivity index (χ4v) is 4.08. The van der Waals surface area contributed by atoms with Crippen LogP contribution in [0.25, 0.3) is 0 Å². The fraction of sp³-hybridized carbons (Fsp3) is 0.562. The second-order valence-electron chi connectivity index (χ2n) is 5.24. The van der Waals surface area contributed by atoms with E-state index in [4.69, 9.17) is 5.11 Å². The highest BCUT2D eigenvalue weighted by molar-refractivity contribution is 7.99. The number of rotatable bonds is 7. The van der Waals surface area contributed by atoms with Crippen LogP contribution in [-0.4, -0.2) is 34.8 Å². The van der Waals surface area contributed by atoms with Crippen LogP contribution >= 0.6 is 11.8 Å². The Hall–Kier alpha value is -1.00. The van der Waals surface area contributed by atoms with Gasteiger partial charge in [0.05, 0.1) is 11.8 Å². The topological polar surface area (TPSA) is 40.5 Å². The van der Waals surface area contributed by atoms with Crippen molar-refractivity contribution in [2.24, 2.45) is 0 Å². The van der Waals surface area contributed by atoms with Crippen LogP contribution in [0.15, 0.2) is 24.3 Å². The van der Waals surface area contributed by atoms with Gasteiger partial charge in [-0.3, -0.25) is 9.69 Å². The molecule has 1 saturated heterocycles. The van der Waals surface area contributed by atoms with Gasteiger partial charge in [0.15, 0.2) is 0 Å². The van der Waals surface area contributed by atoms with E-state index in [0.717, 1.165) is 24.4 Å². The van der Waals surface area contributed by atoms with Crippen molar-refractivity contribution in [3.05, 3.63) is 35.4 Å². The molecule has 4 heteroatoms. The monoisotopic (exact) mass is 293 g/mol. The molecule has 0 spiro atoms. The summed E-state index contributed by atoms with van der Waals surface area (Å²) in [6.07, 6.45) is 3.86. The van der Waals surface area contributed by atoms with Crippen molar-refractivity contribution in [3.8, 4) is 0 Å². The summed E-state index contributed by atoms with van der Waals surface area (Å²) in [4.78, 5) is 13.5. The minimum atomic E-state index is -0.752. The molecule has 2 rings (SSSR count). The maximum absolute atomic E-state index is 11.0. The van der Waals surface area contributed by atoms with E-state index in [9.17, 15) is 4.79 Å². The van der Waals surface area contributed by atoms with E-state index >= 15 is 0 Å². The van der Waals surface area contributed by atoms with Crippen molar-refractivity contribution >= 4 is 17.7 Å². The Morgan fingerprint density at radius 3 is 2.95 bits per heavy atom. The van der Waals surface area contributed by atoms with E-state index in [0.29, 0.717) is 5.37 Å². The molecule has 0 aromatic heterocycles. The Bertz CT molecular complexity index is 450. The lowest BCUT2D eigenvalue weighted by molar-refractivity contribution is -0.136. The standard InChI is InChI=1S/C16H23NO2S/c1-2-3-6-9-17-10-11-20-16(17)14-8-5-4-7-13(14)12-15(18)19/h4-5,7-8,16H,2-3,6,9-12H2,1H3,(H,18,19). The number of hydrogen-bond donors (Lipinski definition) is 1. The van der Waals surface area contributed by atoms with Gasteiger partial charge in [-0.2, -0.15) is 0 Å². The molecular formula is C16H23NO2S. The molecule has 1 N–H and O–H groups in total. The SMILES string of the molecule is CCCCCN1CCSC1c1ccccc1CC(=O)O. The molecular weight excluding hydrogens is 270 g/mol. The van der Waals surface area contributed by atoms with Crippen molar-refractivity contribution < 1.29 is 9.90 Å². The van der Waals surface area contributed by atoms with E-state index < -0.39 is 5.97 Å². The molecule has 0 bridgehead atoms. The molecule has 0 radical (unpaired) electrons. The van der Waals surface area contributed by atoms with Crippen LogP contribution < -0.4 is 0 Å². The summed E-state index contributed by atoms with van der Waals surface area (Å²) in [5.74, 6) is 0.385. The Morgan fingerprint density at radius 1 is 1.40 bits per heavy atom. The van der Waals surface area contributed by atoms with Gasteiger partial charge in [0.25, 0.3) is 0 Å². The molecule has 0 amide bonds. The van der Waals surface area contributed by atoms with Gasteiger partial charge in [-0.15, -0.1) is 11.8 Å². The third kappa shape index (κ3) is 4.00. The third-order valence-electron chi connectivity index (χ3n) is 3.70. The van der Waals surface area contributed by atoms with Crippen LogP contribution in [0, 0.1) is 0 Å². The molecule has 3 nitrogen and oxygen atoms in total. The molecule has 1 heterocycles. The van der Waals surface area contributed by atoms with Crippen molar-refractivity contribution in [3.63, 3.8) is 0 Å². The second kappa shape index (κ2) is 7.70. The smallest absolute Gasteiger partial charge is 0.307 e. The minimum absolute atomic E-state index is 0.121. The van der Waals surface area contributed by atoms with Gasteiger partial charge in [-0.25, -0.2) is 0 Å². The molecule has 1 unspecified atom stereocenters. The van der Waals surface area contributed by atoms with Crippen LogP contribution in [0.2, 0.25) is 0 Å². The van der Waals surface area contributed by atoms with Crippen molar-refractivity contribution in [1.29, 1.82) is 0 Å². The molecule has 1 atom stereocenters. The lowest BCUT2D eigenvalue weighted by atomic mass is 10.0. The first-order valence-electron chi connectivity index (χ1n) is 7.37. The van der Waals surface area contributed by atoms with Gasteiger partial charge >= 0.3 is 5.97 Å². The number of hydrogen-bond acceptors (Lipinski definition) is 3. The van der Waals surface area contributed by atoms with E-state index in [1.807, 2.05) is 30.0 Å². The number of carboxylic acids is 1. The largest absolute Gasteiger partial charge is 0.481 e. The lowest BCUT2D eigenvalue weighted by Crippen LogP contribution is -2.25. The molecule has 0 aliphatic carbocycles. The van der Waals surface area contributed by atoms with Crippen LogP contribution in [0.3, 0.4) is 0 Å². The first-order valence-corrected chi connectivity index (χ1v) is 8.42. The summed E-state index contributed by atoms with van der Waals surface area (Å²) in [6, 6.07) is 7.99. The minimum Gasteiger partial charge on any atom is -0.481 e. The second-order valence-corrected chi connectivity index (χ2v) is 6.42.